The van der Waals surface area contributed by atoms with Crippen molar-refractivity contribution in [3.05, 3.63) is 0 Å². The second-order valence-electron chi connectivity index (χ2n) is 6.56. The van der Waals surface area contributed by atoms with E-state index in [0.717, 1.165) is 18.9 Å². The molecule has 1 saturated heterocycles. The Balaban J connectivity index is 1.73. The molecule has 0 bridgehead atoms. The molecule has 3 nitrogen and oxygen atoms in total. The minimum absolute atomic E-state index is 0.324. The van der Waals surface area contributed by atoms with Crippen LogP contribution >= 0.6 is 0 Å². The van der Waals surface area contributed by atoms with Crippen molar-refractivity contribution in [1.82, 2.24) is 10.2 Å². The molecule has 19 heavy (non-hydrogen) atoms. The third-order valence-corrected chi connectivity index (χ3v) is 4.86. The van der Waals surface area contributed by atoms with Crippen LogP contribution in [0.15, 0.2) is 0 Å². The highest BCUT2D eigenvalue weighted by Crippen LogP contribution is 2.25. The van der Waals surface area contributed by atoms with Crippen LogP contribution in [-0.2, 0) is 0 Å². The van der Waals surface area contributed by atoms with E-state index in [1.54, 1.807) is 0 Å². The Kier molecular flexibility index (Phi) is 6.62. The van der Waals surface area contributed by atoms with Gasteiger partial charge in [0.05, 0.1) is 0 Å². The van der Waals surface area contributed by atoms with Crippen LogP contribution in [0.4, 0.5) is 0 Å². The van der Waals surface area contributed by atoms with Crippen molar-refractivity contribution in [3.63, 3.8) is 0 Å². The van der Waals surface area contributed by atoms with Crippen LogP contribution in [0.25, 0.3) is 0 Å². The van der Waals surface area contributed by atoms with Gasteiger partial charge in [-0.25, -0.2) is 0 Å². The van der Waals surface area contributed by atoms with Gasteiger partial charge in [0.15, 0.2) is 0 Å². The van der Waals surface area contributed by atoms with Crippen LogP contribution in [-0.4, -0.2) is 47.8 Å². The number of likely N-dealkylation sites (tertiary alicyclic amines) is 1. The van der Waals surface area contributed by atoms with E-state index in [0.29, 0.717) is 18.7 Å². The molecule has 2 N–H and O–H groups in total. The van der Waals surface area contributed by atoms with Gasteiger partial charge in [-0.15, -0.1) is 0 Å². The van der Waals surface area contributed by atoms with Crippen molar-refractivity contribution in [2.75, 3.05) is 19.7 Å². The average Bonchev–Trinajstić information content (AvgIpc) is 2.46. The number of aliphatic hydroxyl groups excluding tert-OH is 1. The van der Waals surface area contributed by atoms with Gasteiger partial charge in [-0.1, -0.05) is 19.3 Å². The van der Waals surface area contributed by atoms with Crippen molar-refractivity contribution in [3.8, 4) is 0 Å². The second-order valence-corrected chi connectivity index (χ2v) is 6.56. The number of rotatable bonds is 6. The molecule has 0 aromatic heterocycles. The van der Waals surface area contributed by atoms with E-state index >= 15 is 0 Å². The number of aliphatic hydroxyl groups is 1. The van der Waals surface area contributed by atoms with Crippen molar-refractivity contribution in [2.24, 2.45) is 0 Å². The Hall–Kier alpha value is -0.120. The van der Waals surface area contributed by atoms with Crippen LogP contribution in [0.3, 0.4) is 0 Å². The zero-order valence-corrected chi connectivity index (χ0v) is 12.6. The Morgan fingerprint density at radius 1 is 1.16 bits per heavy atom. The Bertz CT molecular complexity index is 241. The summed E-state index contributed by atoms with van der Waals surface area (Å²) in [5.41, 5.74) is 0. The molecule has 0 spiro atoms. The lowest BCUT2D eigenvalue weighted by Gasteiger charge is -2.41. The van der Waals surface area contributed by atoms with Gasteiger partial charge in [-0.3, -0.25) is 4.90 Å². The zero-order valence-electron chi connectivity index (χ0n) is 12.6. The third kappa shape index (κ3) is 5.05. The summed E-state index contributed by atoms with van der Waals surface area (Å²) >= 11 is 0. The minimum atomic E-state index is 0.324. The fraction of sp³-hybridized carbons (Fsp3) is 1.00. The van der Waals surface area contributed by atoms with Crippen LogP contribution in [0.2, 0.25) is 0 Å². The molecule has 1 heterocycles. The van der Waals surface area contributed by atoms with Gasteiger partial charge in [0, 0.05) is 31.3 Å². The molecule has 2 rings (SSSR count). The maximum atomic E-state index is 8.90. The summed E-state index contributed by atoms with van der Waals surface area (Å²) in [6.07, 6.45) is 11.9. The van der Waals surface area contributed by atoms with E-state index in [1.807, 2.05) is 0 Å². The molecule has 2 atom stereocenters. The minimum Gasteiger partial charge on any atom is -0.396 e. The van der Waals surface area contributed by atoms with E-state index in [9.17, 15) is 0 Å². The van der Waals surface area contributed by atoms with Crippen LogP contribution in [0.1, 0.15) is 64.7 Å². The maximum absolute atomic E-state index is 8.90. The van der Waals surface area contributed by atoms with Crippen LogP contribution in [0, 0.1) is 0 Å². The molecule has 0 unspecified atom stereocenters. The quantitative estimate of drug-likeness (QED) is 0.777. The second kappa shape index (κ2) is 8.23. The monoisotopic (exact) mass is 268 g/mol. The van der Waals surface area contributed by atoms with Gasteiger partial charge in [0.25, 0.3) is 0 Å². The fourth-order valence-electron chi connectivity index (χ4n) is 3.80. The lowest BCUT2D eigenvalue weighted by molar-refractivity contribution is 0.106. The first-order valence-electron chi connectivity index (χ1n) is 8.40. The topological polar surface area (TPSA) is 35.5 Å². The van der Waals surface area contributed by atoms with Gasteiger partial charge < -0.3 is 10.4 Å². The predicted octanol–water partition coefficient (Wildman–Crippen LogP) is 2.53. The number of hydrogen-bond acceptors (Lipinski definition) is 3. The number of piperidine rings is 1. The first-order valence-corrected chi connectivity index (χ1v) is 8.40. The predicted molar refractivity (Wildman–Crippen MR) is 80.4 cm³/mol. The van der Waals surface area contributed by atoms with E-state index in [4.69, 9.17) is 5.11 Å². The van der Waals surface area contributed by atoms with Crippen molar-refractivity contribution in [2.45, 2.75) is 82.8 Å². The molecule has 1 aliphatic carbocycles. The highest BCUT2D eigenvalue weighted by Gasteiger charge is 2.27. The largest absolute Gasteiger partial charge is 0.396 e. The van der Waals surface area contributed by atoms with Gasteiger partial charge in [-0.05, 0) is 52.0 Å². The van der Waals surface area contributed by atoms with Crippen LogP contribution in [0.5, 0.6) is 0 Å². The molecule has 3 heteroatoms. The molecular weight excluding hydrogens is 236 g/mol. The smallest absolute Gasteiger partial charge is 0.0431 e. The summed E-state index contributed by atoms with van der Waals surface area (Å²) in [5, 5.41) is 12.7. The third-order valence-electron chi connectivity index (χ3n) is 4.86. The Labute approximate surface area is 118 Å². The molecule has 2 fully saturated rings. The molecule has 0 aromatic rings. The van der Waals surface area contributed by atoms with E-state index in [2.05, 4.69) is 17.1 Å². The number of hydrogen-bond donors (Lipinski definition) is 2. The molecular formula is C16H32N2O. The van der Waals surface area contributed by atoms with Gasteiger partial charge in [-0.2, -0.15) is 0 Å². The molecule has 0 aromatic carbocycles. The lowest BCUT2D eigenvalue weighted by atomic mass is 9.92. The molecule has 0 amide bonds. The summed E-state index contributed by atoms with van der Waals surface area (Å²) < 4.78 is 0. The zero-order chi connectivity index (χ0) is 13.5. The van der Waals surface area contributed by atoms with Gasteiger partial charge in [0.2, 0.25) is 0 Å². The summed E-state index contributed by atoms with van der Waals surface area (Å²) in [5.74, 6) is 0. The number of nitrogens with one attached hydrogen (secondary N) is 1. The molecule has 0 radical (unpaired) electrons. The van der Waals surface area contributed by atoms with Crippen molar-refractivity contribution >= 4 is 0 Å². The number of nitrogens with zero attached hydrogens (tertiary/aromatic N) is 1. The summed E-state index contributed by atoms with van der Waals surface area (Å²) in [7, 11) is 0. The first-order chi connectivity index (χ1) is 9.29. The Morgan fingerprint density at radius 3 is 2.68 bits per heavy atom. The maximum Gasteiger partial charge on any atom is 0.0431 e. The van der Waals surface area contributed by atoms with Gasteiger partial charge in [0.1, 0.15) is 0 Å². The van der Waals surface area contributed by atoms with Gasteiger partial charge >= 0.3 is 0 Å². The SMILES string of the molecule is C[C@@H](CCCO)N[C@H]1CCCN(C2CCCCC2)C1. The molecule has 112 valence electrons. The Morgan fingerprint density at radius 2 is 1.95 bits per heavy atom. The summed E-state index contributed by atoms with van der Waals surface area (Å²) in [6.45, 7) is 5.14. The van der Waals surface area contributed by atoms with Crippen molar-refractivity contribution < 1.29 is 5.11 Å². The first kappa shape index (κ1) is 15.3. The molecule has 1 saturated carbocycles. The van der Waals surface area contributed by atoms with E-state index < -0.39 is 0 Å². The highest BCUT2D eigenvalue weighted by molar-refractivity contribution is 4.85. The van der Waals surface area contributed by atoms with E-state index in [-0.39, 0.29) is 0 Å². The summed E-state index contributed by atoms with van der Waals surface area (Å²) in [4.78, 5) is 2.75. The fourth-order valence-corrected chi connectivity index (χ4v) is 3.80. The van der Waals surface area contributed by atoms with Crippen molar-refractivity contribution in [1.29, 1.82) is 0 Å². The standard InChI is InChI=1S/C16H32N2O/c1-14(7-6-12-19)17-15-8-5-11-18(13-15)16-9-3-2-4-10-16/h14-17,19H,2-13H2,1H3/t14-,15-/m0/s1. The molecule has 2 aliphatic rings. The van der Waals surface area contributed by atoms with E-state index in [1.165, 1.54) is 58.0 Å². The van der Waals surface area contributed by atoms with Crippen LogP contribution < -0.4 is 5.32 Å². The average molecular weight is 268 g/mol. The lowest BCUT2D eigenvalue weighted by Crippen LogP contribution is -2.51. The molecule has 1 aliphatic heterocycles. The summed E-state index contributed by atoms with van der Waals surface area (Å²) in [6, 6.07) is 2.08. The normalized spacial score (nSPS) is 28.4. The highest BCUT2D eigenvalue weighted by atomic mass is 16.2.